The van der Waals surface area contributed by atoms with E-state index in [0.29, 0.717) is 18.8 Å². The van der Waals surface area contributed by atoms with Crippen LogP contribution in [0.1, 0.15) is 96.3 Å². The molecule has 4 atom stereocenters. The summed E-state index contributed by atoms with van der Waals surface area (Å²) in [6.45, 7) is 12.1. The van der Waals surface area contributed by atoms with E-state index in [0.717, 1.165) is 30.4 Å². The molecule has 3 aromatic rings. The van der Waals surface area contributed by atoms with Gasteiger partial charge in [-0.25, -0.2) is 0 Å². The van der Waals surface area contributed by atoms with E-state index in [1.54, 1.807) is 0 Å². The van der Waals surface area contributed by atoms with Crippen molar-refractivity contribution >= 4 is 11.9 Å². The molecule has 226 valence electrons. The third-order valence-electron chi connectivity index (χ3n) is 8.78. The van der Waals surface area contributed by atoms with Gasteiger partial charge < -0.3 is 9.47 Å². The monoisotopic (exact) mass is 570 g/mol. The summed E-state index contributed by atoms with van der Waals surface area (Å²) in [4.78, 5) is 26.8. The third-order valence-corrected chi connectivity index (χ3v) is 8.78. The summed E-state index contributed by atoms with van der Waals surface area (Å²) < 4.78 is 11.0. The van der Waals surface area contributed by atoms with Gasteiger partial charge in [0.25, 0.3) is 0 Å². The second-order valence-corrected chi connectivity index (χ2v) is 12.7. The molecule has 0 aliphatic heterocycles. The molecule has 0 N–H and O–H groups in total. The van der Waals surface area contributed by atoms with Gasteiger partial charge in [-0.15, -0.1) is 0 Å². The highest BCUT2D eigenvalue weighted by atomic mass is 16.5. The summed E-state index contributed by atoms with van der Waals surface area (Å²) in [6, 6.07) is 31.9. The first-order chi connectivity index (χ1) is 20.0. The smallest absolute Gasteiger partial charge is 0.311 e. The molecule has 0 bridgehead atoms. The van der Waals surface area contributed by atoms with Crippen LogP contribution in [-0.2, 0) is 24.5 Å². The van der Waals surface area contributed by atoms with Crippen LogP contribution in [-0.4, -0.2) is 25.2 Å². The van der Waals surface area contributed by atoms with Gasteiger partial charge in [0.15, 0.2) is 0 Å². The molecule has 0 fully saturated rings. The van der Waals surface area contributed by atoms with Crippen molar-refractivity contribution in [2.24, 2.45) is 17.3 Å². The van der Waals surface area contributed by atoms with Gasteiger partial charge >= 0.3 is 11.9 Å². The highest BCUT2D eigenvalue weighted by Crippen LogP contribution is 2.51. The van der Waals surface area contributed by atoms with Crippen LogP contribution >= 0.6 is 0 Å². The van der Waals surface area contributed by atoms with E-state index in [4.69, 9.17) is 9.47 Å². The number of esters is 2. The number of hydrogen-bond donors (Lipinski definition) is 0. The number of carbonyl (C=O) groups excluding carboxylic acids is 2. The third kappa shape index (κ3) is 8.33. The largest absolute Gasteiger partial charge is 0.469 e. The Morgan fingerprint density at radius 3 is 1.71 bits per heavy atom. The van der Waals surface area contributed by atoms with Crippen molar-refractivity contribution in [1.82, 2.24) is 0 Å². The Hall–Kier alpha value is -3.40. The van der Waals surface area contributed by atoms with E-state index in [1.807, 2.05) is 39.8 Å². The minimum atomic E-state index is -0.951. The molecule has 42 heavy (non-hydrogen) atoms. The first kappa shape index (κ1) is 33.1. The van der Waals surface area contributed by atoms with E-state index in [9.17, 15) is 9.59 Å². The molecule has 0 spiro atoms. The van der Waals surface area contributed by atoms with Crippen LogP contribution in [0.3, 0.4) is 0 Å². The summed E-state index contributed by atoms with van der Waals surface area (Å²) >= 11 is 0. The van der Waals surface area contributed by atoms with Crippen molar-refractivity contribution < 1.29 is 19.1 Å². The van der Waals surface area contributed by atoms with E-state index in [1.165, 1.54) is 12.7 Å². The van der Waals surface area contributed by atoms with Gasteiger partial charge in [0, 0.05) is 5.41 Å². The van der Waals surface area contributed by atoms with Crippen LogP contribution in [0.25, 0.3) is 0 Å². The van der Waals surface area contributed by atoms with Gasteiger partial charge in [-0.2, -0.15) is 0 Å². The minimum absolute atomic E-state index is 0.218. The number of ether oxygens (including phenoxy) is 2. The Bertz CT molecular complexity index is 1200. The maximum Gasteiger partial charge on any atom is 0.311 e. The number of hydrogen-bond acceptors (Lipinski definition) is 4. The molecule has 0 aliphatic rings. The normalized spacial score (nSPS) is 15.3. The number of methoxy groups -OCH3 is 1. The van der Waals surface area contributed by atoms with Crippen molar-refractivity contribution in [3.05, 3.63) is 108 Å². The molecule has 0 saturated carbocycles. The van der Waals surface area contributed by atoms with Crippen LogP contribution in [0, 0.1) is 17.3 Å². The fourth-order valence-corrected chi connectivity index (χ4v) is 6.58. The highest BCUT2D eigenvalue weighted by Gasteiger charge is 2.48. The fourth-order valence-electron chi connectivity index (χ4n) is 6.58. The SMILES string of the molecule is CCC(C)CC(CC(CC(C)(CC(C)C(=O)OC(C)C)C(=O)OC)(c1ccccc1)c1ccccc1)c1ccccc1. The molecule has 3 aromatic carbocycles. The Balaban J connectivity index is 2.24. The second kappa shape index (κ2) is 15.2. The lowest BCUT2D eigenvalue weighted by Crippen LogP contribution is -2.42. The maximum absolute atomic E-state index is 13.8. The number of rotatable bonds is 15. The topological polar surface area (TPSA) is 52.6 Å². The predicted octanol–water partition coefficient (Wildman–Crippen LogP) is 9.13. The van der Waals surface area contributed by atoms with Crippen LogP contribution in [0.5, 0.6) is 0 Å². The zero-order valence-electron chi connectivity index (χ0n) is 26.6. The molecular weight excluding hydrogens is 520 g/mol. The Morgan fingerprint density at radius 2 is 1.26 bits per heavy atom. The molecule has 0 aromatic heterocycles. The minimum Gasteiger partial charge on any atom is -0.469 e. The summed E-state index contributed by atoms with van der Waals surface area (Å²) in [7, 11) is 1.44. The Labute approximate surface area is 253 Å². The Morgan fingerprint density at radius 1 is 0.762 bits per heavy atom. The first-order valence-electron chi connectivity index (χ1n) is 15.5. The van der Waals surface area contributed by atoms with Gasteiger partial charge in [0.05, 0.1) is 24.5 Å². The van der Waals surface area contributed by atoms with Crippen molar-refractivity contribution in [3.63, 3.8) is 0 Å². The molecule has 4 heteroatoms. The lowest BCUT2D eigenvalue weighted by molar-refractivity contribution is -0.158. The zero-order valence-corrected chi connectivity index (χ0v) is 26.6. The lowest BCUT2D eigenvalue weighted by Gasteiger charge is -2.44. The van der Waals surface area contributed by atoms with E-state index < -0.39 is 16.7 Å². The van der Waals surface area contributed by atoms with E-state index >= 15 is 0 Å². The van der Waals surface area contributed by atoms with Gasteiger partial charge in [-0.3, -0.25) is 9.59 Å². The predicted molar refractivity (Wildman–Crippen MR) is 171 cm³/mol. The molecule has 0 aliphatic carbocycles. The Kier molecular flexibility index (Phi) is 12.0. The molecule has 0 saturated heterocycles. The van der Waals surface area contributed by atoms with Crippen LogP contribution in [0.2, 0.25) is 0 Å². The molecular formula is C38H50O4. The summed E-state index contributed by atoms with van der Waals surface area (Å²) in [5.74, 6) is -0.264. The van der Waals surface area contributed by atoms with Gasteiger partial charge in [0.2, 0.25) is 0 Å². The molecule has 0 radical (unpaired) electrons. The van der Waals surface area contributed by atoms with E-state index in [-0.39, 0.29) is 24.0 Å². The van der Waals surface area contributed by atoms with Crippen molar-refractivity contribution in [2.75, 3.05) is 7.11 Å². The summed E-state index contributed by atoms with van der Waals surface area (Å²) in [5.41, 5.74) is 2.15. The zero-order chi connectivity index (χ0) is 30.8. The molecule has 4 nitrogen and oxygen atoms in total. The lowest BCUT2D eigenvalue weighted by atomic mass is 9.59. The van der Waals surface area contributed by atoms with Crippen LogP contribution in [0.15, 0.2) is 91.0 Å². The molecule has 0 heterocycles. The van der Waals surface area contributed by atoms with Crippen LogP contribution < -0.4 is 0 Å². The average Bonchev–Trinajstić information content (AvgIpc) is 3.00. The summed E-state index contributed by atoms with van der Waals surface area (Å²) in [6.07, 6.45) is 3.55. The van der Waals surface area contributed by atoms with E-state index in [2.05, 4.69) is 92.7 Å². The second-order valence-electron chi connectivity index (χ2n) is 12.7. The van der Waals surface area contributed by atoms with Gasteiger partial charge in [-0.05, 0) is 75.0 Å². The number of benzene rings is 3. The number of carbonyl (C=O) groups is 2. The maximum atomic E-state index is 13.8. The average molecular weight is 571 g/mol. The van der Waals surface area contributed by atoms with Crippen LogP contribution in [0.4, 0.5) is 0 Å². The van der Waals surface area contributed by atoms with Crippen molar-refractivity contribution in [2.45, 2.75) is 91.1 Å². The molecule has 3 rings (SSSR count). The standard InChI is InChI=1S/C38H50O4/c1-8-29(4)24-32(31-18-12-9-13-19-31)26-38(33-20-14-10-15-21-33,34-22-16-11-17-23-34)27-37(6,36(40)41-7)25-30(5)35(39)42-28(2)3/h9-23,28-30,32H,8,24-27H2,1-7H3. The summed E-state index contributed by atoms with van der Waals surface area (Å²) in [5, 5.41) is 0. The van der Waals surface area contributed by atoms with Gasteiger partial charge in [0.1, 0.15) is 0 Å². The van der Waals surface area contributed by atoms with Crippen molar-refractivity contribution in [3.8, 4) is 0 Å². The molecule has 4 unspecified atom stereocenters. The first-order valence-corrected chi connectivity index (χ1v) is 15.5. The molecule has 0 amide bonds. The fraction of sp³-hybridized carbons (Fsp3) is 0.474. The van der Waals surface area contributed by atoms with Gasteiger partial charge in [-0.1, -0.05) is 118 Å². The quantitative estimate of drug-likeness (QED) is 0.171. The highest BCUT2D eigenvalue weighted by molar-refractivity contribution is 5.79. The van der Waals surface area contributed by atoms with Crippen molar-refractivity contribution in [1.29, 1.82) is 0 Å².